The predicted molar refractivity (Wildman–Crippen MR) is 125 cm³/mol. The van der Waals surface area contributed by atoms with Crippen molar-refractivity contribution in [3.63, 3.8) is 0 Å². The van der Waals surface area contributed by atoms with Crippen molar-refractivity contribution in [2.45, 2.75) is 37.6 Å². The standard InChI is InChI=1S/C24H31N3O5S/c1-3-32-24(29)27-17-15-26(16-18-27)23(28)14-11-20-9-12-22(13-10-20)33(30,31)25-19(2)21-7-5-4-6-8-21/h4-10,12-13,19,25H,3,11,14-18H2,1-2H3. The molecule has 0 aliphatic carbocycles. The van der Waals surface area contributed by atoms with E-state index < -0.39 is 10.0 Å². The van der Waals surface area contributed by atoms with Crippen LogP contribution in [0.15, 0.2) is 59.5 Å². The van der Waals surface area contributed by atoms with Crippen LogP contribution in [0.2, 0.25) is 0 Å². The number of ether oxygens (including phenoxy) is 1. The van der Waals surface area contributed by atoms with Crippen LogP contribution in [0, 0.1) is 0 Å². The number of nitrogens with zero attached hydrogens (tertiary/aromatic N) is 2. The molecule has 3 rings (SSSR count). The predicted octanol–water partition coefficient (Wildman–Crippen LogP) is 2.96. The molecule has 2 aromatic rings. The summed E-state index contributed by atoms with van der Waals surface area (Å²) in [5.41, 5.74) is 1.78. The van der Waals surface area contributed by atoms with Gasteiger partial charge in [-0.3, -0.25) is 4.79 Å². The van der Waals surface area contributed by atoms with Gasteiger partial charge in [0.25, 0.3) is 0 Å². The van der Waals surface area contributed by atoms with Crippen LogP contribution >= 0.6 is 0 Å². The lowest BCUT2D eigenvalue weighted by Gasteiger charge is -2.34. The third-order valence-corrected chi connectivity index (χ3v) is 7.21. The topological polar surface area (TPSA) is 96.0 Å². The van der Waals surface area contributed by atoms with Crippen LogP contribution in [0.5, 0.6) is 0 Å². The molecule has 1 aliphatic heterocycles. The fourth-order valence-electron chi connectivity index (χ4n) is 3.71. The van der Waals surface area contributed by atoms with Crippen molar-refractivity contribution in [1.82, 2.24) is 14.5 Å². The van der Waals surface area contributed by atoms with E-state index in [0.29, 0.717) is 45.6 Å². The van der Waals surface area contributed by atoms with Crippen molar-refractivity contribution in [2.24, 2.45) is 0 Å². The molecule has 0 bridgehead atoms. The number of aryl methyl sites for hydroxylation is 1. The van der Waals surface area contributed by atoms with E-state index in [9.17, 15) is 18.0 Å². The van der Waals surface area contributed by atoms with Gasteiger partial charge in [-0.25, -0.2) is 17.9 Å². The van der Waals surface area contributed by atoms with Crippen LogP contribution in [0.25, 0.3) is 0 Å². The summed E-state index contributed by atoms with van der Waals surface area (Å²) in [4.78, 5) is 27.9. The normalized spacial score (nSPS) is 15.2. The zero-order chi connectivity index (χ0) is 23.8. The molecule has 2 aromatic carbocycles. The van der Waals surface area contributed by atoms with Gasteiger partial charge in [-0.05, 0) is 43.5 Å². The molecule has 0 aromatic heterocycles. The molecule has 178 valence electrons. The first-order valence-corrected chi connectivity index (χ1v) is 12.6. The average Bonchev–Trinajstić information content (AvgIpc) is 2.83. The zero-order valence-corrected chi connectivity index (χ0v) is 19.9. The minimum Gasteiger partial charge on any atom is -0.450 e. The van der Waals surface area contributed by atoms with E-state index >= 15 is 0 Å². The van der Waals surface area contributed by atoms with Crippen LogP contribution in [0.3, 0.4) is 0 Å². The van der Waals surface area contributed by atoms with Gasteiger partial charge in [0.1, 0.15) is 0 Å². The van der Waals surface area contributed by atoms with Crippen molar-refractivity contribution in [2.75, 3.05) is 32.8 Å². The summed E-state index contributed by atoms with van der Waals surface area (Å²) in [5, 5.41) is 0. The highest BCUT2D eigenvalue weighted by Gasteiger charge is 2.24. The van der Waals surface area contributed by atoms with E-state index in [0.717, 1.165) is 11.1 Å². The van der Waals surface area contributed by atoms with Crippen molar-refractivity contribution in [1.29, 1.82) is 0 Å². The number of rotatable bonds is 8. The number of amides is 2. The van der Waals surface area contributed by atoms with Gasteiger partial charge >= 0.3 is 6.09 Å². The quantitative estimate of drug-likeness (QED) is 0.636. The SMILES string of the molecule is CCOC(=O)N1CCN(C(=O)CCc2ccc(S(=O)(=O)NC(C)c3ccccc3)cc2)CC1. The minimum absolute atomic E-state index is 0.0218. The number of hydrogen-bond acceptors (Lipinski definition) is 5. The first kappa shape index (κ1) is 24.7. The monoisotopic (exact) mass is 473 g/mol. The summed E-state index contributed by atoms with van der Waals surface area (Å²) in [6.07, 6.45) is 0.507. The molecule has 0 spiro atoms. The van der Waals surface area contributed by atoms with Gasteiger partial charge < -0.3 is 14.5 Å². The summed E-state index contributed by atoms with van der Waals surface area (Å²) in [6.45, 7) is 5.80. The number of carbonyl (C=O) groups excluding carboxylic acids is 2. The Morgan fingerprint density at radius 3 is 2.18 bits per heavy atom. The largest absolute Gasteiger partial charge is 0.450 e. The van der Waals surface area contributed by atoms with E-state index in [4.69, 9.17) is 4.74 Å². The molecular formula is C24H31N3O5S. The molecule has 1 fully saturated rings. The van der Waals surface area contributed by atoms with Crippen LogP contribution < -0.4 is 4.72 Å². The molecule has 1 atom stereocenters. The van der Waals surface area contributed by atoms with Gasteiger partial charge in [0.05, 0.1) is 11.5 Å². The first-order valence-electron chi connectivity index (χ1n) is 11.2. The lowest BCUT2D eigenvalue weighted by Crippen LogP contribution is -2.50. The Balaban J connectivity index is 1.49. The van der Waals surface area contributed by atoms with E-state index in [1.807, 2.05) is 30.3 Å². The highest BCUT2D eigenvalue weighted by Crippen LogP contribution is 2.18. The Hall–Kier alpha value is -2.91. The van der Waals surface area contributed by atoms with Crippen molar-refractivity contribution in [3.05, 3.63) is 65.7 Å². The summed E-state index contributed by atoms with van der Waals surface area (Å²) >= 11 is 0. The zero-order valence-electron chi connectivity index (χ0n) is 19.1. The first-order chi connectivity index (χ1) is 15.8. The second kappa shape index (κ2) is 11.3. The third kappa shape index (κ3) is 6.79. The number of piperazine rings is 1. The highest BCUT2D eigenvalue weighted by atomic mass is 32.2. The molecule has 0 radical (unpaired) electrons. The van der Waals surface area contributed by atoms with E-state index in [2.05, 4.69) is 4.72 Å². The Labute approximate surface area is 195 Å². The van der Waals surface area contributed by atoms with Crippen LogP contribution in [-0.4, -0.2) is 63.0 Å². The number of carbonyl (C=O) groups is 2. The maximum Gasteiger partial charge on any atom is 0.409 e. The smallest absolute Gasteiger partial charge is 0.409 e. The lowest BCUT2D eigenvalue weighted by atomic mass is 10.1. The molecule has 2 amide bonds. The van der Waals surface area contributed by atoms with E-state index in [1.165, 1.54) is 0 Å². The van der Waals surface area contributed by atoms with Gasteiger partial charge in [-0.1, -0.05) is 42.5 Å². The average molecular weight is 474 g/mol. The Morgan fingerprint density at radius 1 is 0.970 bits per heavy atom. The molecule has 33 heavy (non-hydrogen) atoms. The highest BCUT2D eigenvalue weighted by molar-refractivity contribution is 7.89. The summed E-state index contributed by atoms with van der Waals surface area (Å²) in [6, 6.07) is 15.7. The number of nitrogens with one attached hydrogen (secondary N) is 1. The summed E-state index contributed by atoms with van der Waals surface area (Å²) in [5.74, 6) is 0.0218. The van der Waals surface area contributed by atoms with Crippen molar-refractivity contribution >= 4 is 22.0 Å². The molecule has 0 saturated carbocycles. The summed E-state index contributed by atoms with van der Waals surface area (Å²) < 4.78 is 33.1. The Bertz CT molecular complexity index is 1030. The van der Waals surface area contributed by atoms with Crippen LogP contribution in [0.4, 0.5) is 4.79 Å². The molecule has 1 heterocycles. The van der Waals surface area contributed by atoms with Gasteiger partial charge in [-0.15, -0.1) is 0 Å². The number of hydrogen-bond donors (Lipinski definition) is 1. The molecule has 8 nitrogen and oxygen atoms in total. The van der Waals surface area contributed by atoms with Gasteiger partial charge in [0.2, 0.25) is 15.9 Å². The molecule has 1 unspecified atom stereocenters. The van der Waals surface area contributed by atoms with E-state index in [-0.39, 0.29) is 22.9 Å². The molecule has 1 aliphatic rings. The van der Waals surface area contributed by atoms with Crippen LogP contribution in [-0.2, 0) is 26.0 Å². The molecule has 1 N–H and O–H groups in total. The van der Waals surface area contributed by atoms with E-state index in [1.54, 1.807) is 47.9 Å². The second-order valence-corrected chi connectivity index (χ2v) is 9.68. The molecule has 9 heteroatoms. The van der Waals surface area contributed by atoms with Gasteiger partial charge in [-0.2, -0.15) is 0 Å². The maximum atomic E-state index is 12.7. The molecule has 1 saturated heterocycles. The van der Waals surface area contributed by atoms with Gasteiger partial charge in [0, 0.05) is 38.6 Å². The Morgan fingerprint density at radius 2 is 1.58 bits per heavy atom. The van der Waals surface area contributed by atoms with Gasteiger partial charge in [0.15, 0.2) is 0 Å². The second-order valence-electron chi connectivity index (χ2n) is 7.96. The van der Waals surface area contributed by atoms with Crippen molar-refractivity contribution in [3.8, 4) is 0 Å². The van der Waals surface area contributed by atoms with Crippen LogP contribution in [0.1, 0.15) is 37.4 Å². The third-order valence-electron chi connectivity index (χ3n) is 5.65. The fourth-order valence-corrected chi connectivity index (χ4v) is 4.94. The number of benzene rings is 2. The number of sulfonamides is 1. The maximum absolute atomic E-state index is 12.7. The lowest BCUT2D eigenvalue weighted by molar-refractivity contribution is -0.132. The van der Waals surface area contributed by atoms with Crippen molar-refractivity contribution < 1.29 is 22.7 Å². The molecular weight excluding hydrogens is 442 g/mol. The fraction of sp³-hybridized carbons (Fsp3) is 0.417. The Kier molecular flexibility index (Phi) is 8.46. The summed E-state index contributed by atoms with van der Waals surface area (Å²) in [7, 11) is -3.66. The minimum atomic E-state index is -3.66.